The van der Waals surface area contributed by atoms with Crippen LogP contribution in [-0.2, 0) is 15.2 Å². The molecule has 0 aliphatic carbocycles. The Morgan fingerprint density at radius 1 is 1.35 bits per heavy atom. The fraction of sp³-hybridized carbons (Fsp3) is 0.200. The van der Waals surface area contributed by atoms with Crippen LogP contribution < -0.4 is 15.7 Å². The van der Waals surface area contributed by atoms with E-state index in [0.717, 1.165) is 6.07 Å². The molecule has 9 nitrogen and oxygen atoms in total. The molecule has 0 heterocycles. The quantitative estimate of drug-likeness (QED) is 0.305. The van der Waals surface area contributed by atoms with Crippen molar-refractivity contribution in [3.05, 3.63) is 23.8 Å². The molecule has 0 amide bonds. The zero-order valence-corrected chi connectivity index (χ0v) is 10.8. The summed E-state index contributed by atoms with van der Waals surface area (Å²) < 4.78 is 33.9. The van der Waals surface area contributed by atoms with Crippen LogP contribution in [0, 0.1) is 0 Å². The Hall–Kier alpha value is -2.17. The third-order valence-electron chi connectivity index (χ3n) is 2.28. The van der Waals surface area contributed by atoms with E-state index in [1.54, 1.807) is 0 Å². The van der Waals surface area contributed by atoms with Crippen molar-refractivity contribution in [1.29, 1.82) is 0 Å². The first kappa shape index (κ1) is 15.9. The lowest BCUT2D eigenvalue weighted by Gasteiger charge is -2.10. The number of carboxylic acid groups (broad SMARTS) is 1. The molecule has 0 aromatic heterocycles. The Morgan fingerprint density at radius 2 is 1.95 bits per heavy atom. The van der Waals surface area contributed by atoms with Crippen molar-refractivity contribution in [3.8, 4) is 5.75 Å². The van der Waals surface area contributed by atoms with Crippen LogP contribution in [0.15, 0.2) is 18.2 Å². The van der Waals surface area contributed by atoms with Gasteiger partial charge in [-0.05, 0) is 12.1 Å². The molecule has 1 atom stereocenters. The predicted octanol–water partition coefficient (Wildman–Crippen LogP) is -0.565. The van der Waals surface area contributed by atoms with Crippen molar-refractivity contribution >= 4 is 27.8 Å². The molecule has 0 aliphatic heterocycles. The van der Waals surface area contributed by atoms with Crippen molar-refractivity contribution in [2.45, 2.75) is 12.5 Å². The molecular weight excluding hydrogens is 292 g/mol. The largest absolute Gasteiger partial charge is 0.480 e. The summed E-state index contributed by atoms with van der Waals surface area (Å²) in [5.74, 6) is -2.50. The van der Waals surface area contributed by atoms with E-state index < -0.39 is 40.4 Å². The highest BCUT2D eigenvalue weighted by molar-refractivity contribution is 7.81. The molecule has 0 saturated heterocycles. The molecule has 0 fully saturated rings. The second kappa shape index (κ2) is 5.86. The van der Waals surface area contributed by atoms with Crippen LogP contribution >= 0.6 is 0 Å². The first-order chi connectivity index (χ1) is 9.11. The summed E-state index contributed by atoms with van der Waals surface area (Å²) in [6.07, 6.45) is -0.519. The number of anilines is 1. The molecule has 1 aromatic rings. The van der Waals surface area contributed by atoms with Gasteiger partial charge in [-0.2, -0.15) is 8.42 Å². The lowest BCUT2D eigenvalue weighted by molar-refractivity contribution is -0.138. The molecule has 0 radical (unpaired) electrons. The number of carbonyl (C=O) groups excluding carboxylic acids is 1. The van der Waals surface area contributed by atoms with Crippen molar-refractivity contribution in [3.63, 3.8) is 0 Å². The average Bonchev–Trinajstić information content (AvgIpc) is 2.29. The standard InChI is InChI=1S/C10H12N2O7S/c11-6(10(14)15)4-7(13)5-2-1-3-8(9(5)12)19-20(16,17)18/h1-3,6H,4,11-12H2,(H,14,15)(H,16,17,18). The monoisotopic (exact) mass is 304 g/mol. The molecule has 0 saturated carbocycles. The van der Waals surface area contributed by atoms with Crippen molar-refractivity contribution in [1.82, 2.24) is 0 Å². The number of carbonyl (C=O) groups is 2. The zero-order chi connectivity index (χ0) is 15.5. The van der Waals surface area contributed by atoms with Gasteiger partial charge in [0.1, 0.15) is 6.04 Å². The molecule has 0 spiro atoms. The molecule has 110 valence electrons. The van der Waals surface area contributed by atoms with Gasteiger partial charge < -0.3 is 20.8 Å². The maximum atomic E-state index is 11.8. The van der Waals surface area contributed by atoms with Gasteiger partial charge in [-0.3, -0.25) is 14.1 Å². The number of aliphatic carboxylic acids is 1. The van der Waals surface area contributed by atoms with E-state index in [0.29, 0.717) is 0 Å². The fourth-order valence-electron chi connectivity index (χ4n) is 1.37. The topological polar surface area (TPSA) is 170 Å². The Labute approximate surface area is 114 Å². The third-order valence-corrected chi connectivity index (χ3v) is 2.67. The number of carboxylic acids is 1. The van der Waals surface area contributed by atoms with Gasteiger partial charge in [-0.25, -0.2) is 0 Å². The Kier molecular flexibility index (Phi) is 4.65. The van der Waals surface area contributed by atoms with Crippen LogP contribution in [0.2, 0.25) is 0 Å². The van der Waals surface area contributed by atoms with E-state index in [9.17, 15) is 18.0 Å². The number of benzene rings is 1. The van der Waals surface area contributed by atoms with E-state index in [1.807, 2.05) is 0 Å². The highest BCUT2D eigenvalue weighted by Gasteiger charge is 2.21. The minimum atomic E-state index is -4.79. The molecule has 0 aliphatic rings. The molecule has 1 rings (SSSR count). The summed E-state index contributed by atoms with van der Waals surface area (Å²) in [5.41, 5.74) is 10.3. The van der Waals surface area contributed by atoms with Gasteiger partial charge in [0, 0.05) is 12.0 Å². The Morgan fingerprint density at radius 3 is 2.45 bits per heavy atom. The molecular formula is C10H12N2O7S. The summed E-state index contributed by atoms with van der Waals surface area (Å²) in [4.78, 5) is 22.4. The maximum Gasteiger partial charge on any atom is 0.446 e. The zero-order valence-electron chi connectivity index (χ0n) is 10.0. The highest BCUT2D eigenvalue weighted by atomic mass is 32.3. The van der Waals surface area contributed by atoms with Gasteiger partial charge in [-0.15, -0.1) is 0 Å². The van der Waals surface area contributed by atoms with Crippen LogP contribution in [-0.4, -0.2) is 35.9 Å². The van der Waals surface area contributed by atoms with E-state index >= 15 is 0 Å². The highest BCUT2D eigenvalue weighted by Crippen LogP contribution is 2.27. The van der Waals surface area contributed by atoms with Crippen LogP contribution in [0.5, 0.6) is 5.75 Å². The van der Waals surface area contributed by atoms with Crippen LogP contribution in [0.25, 0.3) is 0 Å². The van der Waals surface area contributed by atoms with Gasteiger partial charge in [-0.1, -0.05) is 6.07 Å². The average molecular weight is 304 g/mol. The van der Waals surface area contributed by atoms with Crippen LogP contribution in [0.1, 0.15) is 16.8 Å². The Bertz CT molecular complexity index is 641. The number of hydrogen-bond acceptors (Lipinski definition) is 7. The van der Waals surface area contributed by atoms with Crippen LogP contribution in [0.4, 0.5) is 5.69 Å². The second-order valence-electron chi connectivity index (χ2n) is 3.80. The SMILES string of the molecule is Nc1c(OS(=O)(=O)O)cccc1C(=O)CC(N)C(=O)O. The minimum absolute atomic E-state index is 0.150. The van der Waals surface area contributed by atoms with Gasteiger partial charge in [0.15, 0.2) is 11.5 Å². The van der Waals surface area contributed by atoms with Crippen molar-refractivity contribution in [2.75, 3.05) is 5.73 Å². The molecule has 10 heteroatoms. The summed E-state index contributed by atoms with van der Waals surface area (Å²) in [6, 6.07) is 2.23. The van der Waals surface area contributed by atoms with E-state index in [4.69, 9.17) is 21.1 Å². The normalized spacial score (nSPS) is 12.7. The lowest BCUT2D eigenvalue weighted by atomic mass is 10.0. The second-order valence-corrected chi connectivity index (χ2v) is 4.82. The van der Waals surface area contributed by atoms with Gasteiger partial charge >= 0.3 is 16.4 Å². The third kappa shape index (κ3) is 4.19. The fourth-order valence-corrected chi connectivity index (χ4v) is 1.74. The van der Waals surface area contributed by atoms with Crippen molar-refractivity contribution < 1.29 is 31.8 Å². The number of hydrogen-bond donors (Lipinski definition) is 4. The minimum Gasteiger partial charge on any atom is -0.480 e. The Balaban J connectivity index is 3.05. The molecule has 0 bridgehead atoms. The maximum absolute atomic E-state index is 11.8. The summed E-state index contributed by atoms with van der Waals surface area (Å²) in [7, 11) is -4.79. The number of Topliss-reactive ketones (excluding diaryl/α,β-unsaturated/α-hetero) is 1. The number of nitrogens with two attached hydrogens (primary N) is 2. The van der Waals surface area contributed by atoms with Gasteiger partial charge in [0.25, 0.3) is 0 Å². The first-order valence-electron chi connectivity index (χ1n) is 5.19. The number of para-hydroxylation sites is 1. The summed E-state index contributed by atoms with van der Waals surface area (Å²) >= 11 is 0. The van der Waals surface area contributed by atoms with E-state index in [-0.39, 0.29) is 11.3 Å². The molecule has 6 N–H and O–H groups in total. The summed E-state index contributed by atoms with van der Waals surface area (Å²) in [5, 5.41) is 8.61. The van der Waals surface area contributed by atoms with E-state index in [1.165, 1.54) is 12.1 Å². The van der Waals surface area contributed by atoms with Crippen LogP contribution in [0.3, 0.4) is 0 Å². The number of ketones is 1. The number of rotatable bonds is 6. The lowest BCUT2D eigenvalue weighted by Crippen LogP contribution is -2.32. The molecule has 1 aromatic carbocycles. The van der Waals surface area contributed by atoms with Gasteiger partial charge in [0.2, 0.25) is 0 Å². The van der Waals surface area contributed by atoms with E-state index in [2.05, 4.69) is 4.18 Å². The number of nitrogen functional groups attached to an aromatic ring is 1. The van der Waals surface area contributed by atoms with Crippen molar-refractivity contribution in [2.24, 2.45) is 5.73 Å². The predicted molar refractivity (Wildman–Crippen MR) is 67.6 cm³/mol. The van der Waals surface area contributed by atoms with Gasteiger partial charge in [0.05, 0.1) is 5.69 Å². The molecule has 1 unspecified atom stereocenters. The summed E-state index contributed by atoms with van der Waals surface area (Å²) in [6.45, 7) is 0. The molecule has 20 heavy (non-hydrogen) atoms. The first-order valence-corrected chi connectivity index (χ1v) is 6.55. The smallest absolute Gasteiger partial charge is 0.446 e.